The predicted molar refractivity (Wildman–Crippen MR) is 179 cm³/mol. The molecule has 0 spiro atoms. The van der Waals surface area contributed by atoms with Gasteiger partial charge in [-0.25, -0.2) is 4.79 Å². The van der Waals surface area contributed by atoms with Gasteiger partial charge in [0.15, 0.2) is 5.65 Å². The summed E-state index contributed by atoms with van der Waals surface area (Å²) < 4.78 is 14.1. The van der Waals surface area contributed by atoms with Crippen molar-refractivity contribution in [3.05, 3.63) is 89.9 Å². The van der Waals surface area contributed by atoms with Gasteiger partial charge in [0.25, 0.3) is 0 Å². The molecule has 1 aliphatic heterocycles. The molecule has 0 radical (unpaired) electrons. The van der Waals surface area contributed by atoms with Crippen molar-refractivity contribution in [1.29, 1.82) is 5.41 Å². The molecule has 1 fully saturated rings. The van der Waals surface area contributed by atoms with Gasteiger partial charge in [-0.05, 0) is 81.3 Å². The molecule has 3 heterocycles. The Bertz CT molecular complexity index is 1750. The first-order valence-corrected chi connectivity index (χ1v) is 16.3. The number of aliphatic hydroxyl groups excluding tert-OH is 1. The normalized spacial score (nSPS) is 19.6. The lowest BCUT2D eigenvalue weighted by molar-refractivity contribution is -0.522. The quantitative estimate of drug-likeness (QED) is 0.120. The molecule has 2 aromatic carbocycles. The standard InChI is InChI=1S/C35H42N8O4/c1-23(36)20-32(37-25-9-7-10-26(21-25)46-19-18-44)39-34(45)38-30-14-15-31(29-12-4-3-11-28(29)30)47-27-13-16-33-40-41-35(43(33)22-27)42-17-6-5-8-24(42)2/h3-4,7,9-13,16,20-22,24,30-31,36-37,44H,5-6,8,14-15,17-19H2,1-2H3,(H2,38,39,45)/p+1. The maximum atomic E-state index is 13.3. The number of nitrogens with two attached hydrogens (primary N) is 1. The Labute approximate surface area is 274 Å². The fourth-order valence-corrected chi connectivity index (χ4v) is 6.42. The lowest BCUT2D eigenvalue weighted by Crippen LogP contribution is -2.79. The number of allylic oxidation sites excluding steroid dienone is 1. The summed E-state index contributed by atoms with van der Waals surface area (Å²) in [6.07, 6.45) is 8.34. The second-order valence-electron chi connectivity index (χ2n) is 12.2. The first kappa shape index (κ1) is 32.0. The maximum Gasteiger partial charge on any atom is 0.323 e. The number of amides is 2. The molecule has 0 saturated carbocycles. The molecule has 3 atom stereocenters. The molecule has 0 bridgehead atoms. The van der Waals surface area contributed by atoms with Gasteiger partial charge in [0.05, 0.1) is 18.8 Å². The zero-order chi connectivity index (χ0) is 32.8. The van der Waals surface area contributed by atoms with Crippen molar-refractivity contribution in [1.82, 2.24) is 25.2 Å². The van der Waals surface area contributed by atoms with Crippen LogP contribution in [0.15, 0.2) is 78.8 Å². The molecule has 1 aliphatic carbocycles. The molecule has 3 unspecified atom stereocenters. The molecule has 4 aromatic rings. The van der Waals surface area contributed by atoms with Gasteiger partial charge >= 0.3 is 6.03 Å². The summed E-state index contributed by atoms with van der Waals surface area (Å²) in [5, 5.41) is 33.8. The summed E-state index contributed by atoms with van der Waals surface area (Å²) in [7, 11) is 0. The van der Waals surface area contributed by atoms with Gasteiger partial charge in [0, 0.05) is 30.4 Å². The second kappa shape index (κ2) is 14.7. The lowest BCUT2D eigenvalue weighted by Gasteiger charge is -2.33. The minimum Gasteiger partial charge on any atom is -0.491 e. The largest absolute Gasteiger partial charge is 0.491 e. The van der Waals surface area contributed by atoms with Crippen LogP contribution in [0, 0.1) is 5.41 Å². The summed E-state index contributed by atoms with van der Waals surface area (Å²) in [5.41, 5.74) is 3.93. The van der Waals surface area contributed by atoms with Crippen molar-refractivity contribution in [2.75, 3.05) is 24.7 Å². The van der Waals surface area contributed by atoms with E-state index in [-0.39, 0.29) is 31.4 Å². The van der Waals surface area contributed by atoms with E-state index in [4.69, 9.17) is 20.0 Å². The molecule has 246 valence electrons. The number of hydrogen-bond donors (Lipinski definition) is 5. The van der Waals surface area contributed by atoms with E-state index in [1.807, 2.05) is 59.1 Å². The van der Waals surface area contributed by atoms with Gasteiger partial charge in [0.2, 0.25) is 11.8 Å². The summed E-state index contributed by atoms with van der Waals surface area (Å²) >= 11 is 0. The van der Waals surface area contributed by atoms with Crippen LogP contribution < -0.4 is 30.3 Å². The average molecular weight is 640 g/mol. The monoisotopic (exact) mass is 639 g/mol. The van der Waals surface area contributed by atoms with Gasteiger partial charge in [-0.3, -0.25) is 15.0 Å². The molecular weight excluding hydrogens is 596 g/mol. The number of rotatable bonds is 11. The first-order valence-electron chi connectivity index (χ1n) is 16.3. The highest BCUT2D eigenvalue weighted by Crippen LogP contribution is 2.39. The minimum absolute atomic E-state index is 0.0803. The van der Waals surface area contributed by atoms with E-state index in [9.17, 15) is 4.79 Å². The number of aromatic nitrogens is 3. The Kier molecular flexibility index (Phi) is 9.98. The van der Waals surface area contributed by atoms with Crippen LogP contribution in [-0.4, -0.2) is 57.2 Å². The Morgan fingerprint density at radius 3 is 2.72 bits per heavy atom. The van der Waals surface area contributed by atoms with E-state index in [1.54, 1.807) is 24.4 Å². The van der Waals surface area contributed by atoms with Crippen LogP contribution in [0.1, 0.15) is 69.2 Å². The van der Waals surface area contributed by atoms with Crippen LogP contribution >= 0.6 is 0 Å². The number of pyridine rings is 1. The highest BCUT2D eigenvalue weighted by molar-refractivity contribution is 5.91. The number of carbonyl (C=O) groups excluding carboxylic acids is 1. The van der Waals surface area contributed by atoms with Gasteiger partial charge in [-0.15, -0.1) is 10.2 Å². The lowest BCUT2D eigenvalue weighted by atomic mass is 9.85. The summed E-state index contributed by atoms with van der Waals surface area (Å²) in [6, 6.07) is 19.1. The highest BCUT2D eigenvalue weighted by atomic mass is 16.5. The van der Waals surface area contributed by atoms with Gasteiger partial charge < -0.3 is 30.2 Å². The number of quaternary nitrogens is 1. The molecule has 12 heteroatoms. The molecule has 2 aromatic heterocycles. The molecule has 6 rings (SSSR count). The topological polar surface area (TPSA) is 154 Å². The fraction of sp³-hybridized carbons (Fsp3) is 0.371. The van der Waals surface area contributed by atoms with Crippen LogP contribution in [0.3, 0.4) is 0 Å². The number of carbonyl (C=O) groups is 1. The Morgan fingerprint density at radius 2 is 1.91 bits per heavy atom. The zero-order valence-electron chi connectivity index (χ0n) is 26.9. The smallest absolute Gasteiger partial charge is 0.323 e. The first-order chi connectivity index (χ1) is 22.9. The number of urea groups is 1. The highest BCUT2D eigenvalue weighted by Gasteiger charge is 2.30. The van der Waals surface area contributed by atoms with Crippen molar-refractivity contribution in [3.8, 4) is 11.5 Å². The van der Waals surface area contributed by atoms with E-state index in [0.29, 0.717) is 36.2 Å². The Morgan fingerprint density at radius 1 is 1.06 bits per heavy atom. The number of piperidine rings is 1. The number of hydrogen-bond acceptors (Lipinski definition) is 8. The van der Waals surface area contributed by atoms with Crippen LogP contribution in [0.2, 0.25) is 0 Å². The Balaban J connectivity index is 1.14. The van der Waals surface area contributed by atoms with Crippen molar-refractivity contribution >= 4 is 29.0 Å². The number of ether oxygens (including phenoxy) is 2. The fourth-order valence-electron chi connectivity index (χ4n) is 6.42. The van der Waals surface area contributed by atoms with Gasteiger partial charge in [-0.1, -0.05) is 30.3 Å². The minimum atomic E-state index is -0.363. The van der Waals surface area contributed by atoms with E-state index in [1.165, 1.54) is 6.42 Å². The van der Waals surface area contributed by atoms with Crippen LogP contribution in [0.4, 0.5) is 16.4 Å². The molecule has 6 N–H and O–H groups in total. The molecular formula is C35H43N8O4+. The van der Waals surface area contributed by atoms with E-state index >= 15 is 0 Å². The zero-order valence-corrected chi connectivity index (χ0v) is 26.9. The van der Waals surface area contributed by atoms with Crippen molar-refractivity contribution < 1.29 is 24.7 Å². The number of nitrogens with one attached hydrogen (secondary N) is 3. The Hall–Kier alpha value is -4.94. The number of nitrogens with zero attached hydrogens (tertiary/aromatic N) is 4. The van der Waals surface area contributed by atoms with E-state index < -0.39 is 0 Å². The van der Waals surface area contributed by atoms with Crippen molar-refractivity contribution in [2.24, 2.45) is 0 Å². The predicted octanol–water partition coefficient (Wildman–Crippen LogP) is 4.51. The summed E-state index contributed by atoms with van der Waals surface area (Å²) in [5.74, 6) is 2.67. The summed E-state index contributed by atoms with van der Waals surface area (Å²) in [4.78, 5) is 15.6. The number of anilines is 1. The molecule has 47 heavy (non-hydrogen) atoms. The third-order valence-corrected chi connectivity index (χ3v) is 8.61. The second-order valence-corrected chi connectivity index (χ2v) is 12.2. The molecule has 12 nitrogen and oxygen atoms in total. The van der Waals surface area contributed by atoms with Crippen LogP contribution in [0.5, 0.6) is 11.5 Å². The number of aliphatic hydroxyl groups is 1. The third kappa shape index (κ3) is 7.72. The molecule has 2 aliphatic rings. The van der Waals surface area contributed by atoms with Gasteiger partial charge in [-0.2, -0.15) is 0 Å². The van der Waals surface area contributed by atoms with E-state index in [0.717, 1.165) is 53.5 Å². The molecule has 1 saturated heterocycles. The average Bonchev–Trinajstić information content (AvgIpc) is 3.48. The van der Waals surface area contributed by atoms with Crippen LogP contribution in [0.25, 0.3) is 5.65 Å². The van der Waals surface area contributed by atoms with E-state index in [2.05, 4.69) is 38.7 Å². The third-order valence-electron chi connectivity index (χ3n) is 8.61. The number of benzene rings is 2. The molecule has 2 amide bonds. The van der Waals surface area contributed by atoms with Crippen LogP contribution in [-0.2, 0) is 0 Å². The number of fused-ring (bicyclic) bond motifs is 2. The van der Waals surface area contributed by atoms with Gasteiger partial charge in [0.1, 0.15) is 29.9 Å². The SMILES string of the molecule is CC(=N)C=C(NC(=O)NC1CCC(Oc2ccc3nnc(N4CCCCC4C)n3c2)c2ccccc21)[NH2+]c1cccc(OCCO)c1. The maximum absolute atomic E-state index is 13.3. The van der Waals surface area contributed by atoms with Crippen molar-refractivity contribution in [2.45, 2.75) is 64.1 Å². The summed E-state index contributed by atoms with van der Waals surface area (Å²) in [6.45, 7) is 4.97. The van der Waals surface area contributed by atoms with Crippen molar-refractivity contribution in [3.63, 3.8) is 0 Å².